The van der Waals surface area contributed by atoms with E-state index in [9.17, 15) is 18.0 Å². The van der Waals surface area contributed by atoms with Gasteiger partial charge < -0.3 is 14.6 Å². The lowest BCUT2D eigenvalue weighted by Crippen LogP contribution is -2.47. The molecule has 0 aromatic carbocycles. The molecule has 0 saturated carbocycles. The molecule has 4 rings (SSSR count). The summed E-state index contributed by atoms with van der Waals surface area (Å²) < 4.78 is 41.0. The van der Waals surface area contributed by atoms with Crippen molar-refractivity contribution in [2.45, 2.75) is 51.7 Å². The second-order valence-corrected chi connectivity index (χ2v) is 10.1. The van der Waals surface area contributed by atoms with Crippen molar-refractivity contribution in [1.29, 1.82) is 0 Å². The molecule has 3 heterocycles. The number of halogens is 3. The number of H-pyrrole nitrogens is 1. The number of piperazine rings is 1. The quantitative estimate of drug-likeness (QED) is 0.622. The summed E-state index contributed by atoms with van der Waals surface area (Å²) in [6.07, 6.45) is -0.572. The highest BCUT2D eigenvalue weighted by molar-refractivity contribution is 7.18. The molecular weight excluding hydrogens is 441 g/mol. The first-order valence-electron chi connectivity index (χ1n) is 11.4. The molecule has 1 aliphatic carbocycles. The molecule has 0 radical (unpaired) electrons. The predicted molar refractivity (Wildman–Crippen MR) is 119 cm³/mol. The fraction of sp³-hybridized carbons (Fsp3) is 0.727. The number of hydrogen-bond donors (Lipinski definition) is 1. The van der Waals surface area contributed by atoms with E-state index < -0.39 is 12.8 Å². The van der Waals surface area contributed by atoms with Crippen molar-refractivity contribution in [3.8, 4) is 0 Å². The zero-order valence-corrected chi connectivity index (χ0v) is 19.4. The zero-order valence-electron chi connectivity index (χ0n) is 18.6. The molecule has 1 fully saturated rings. The summed E-state index contributed by atoms with van der Waals surface area (Å²) in [6.45, 7) is 7.30. The molecule has 178 valence electrons. The minimum atomic E-state index is -4.26. The van der Waals surface area contributed by atoms with Crippen molar-refractivity contribution in [3.63, 3.8) is 0 Å². The Labute approximate surface area is 189 Å². The highest BCUT2D eigenvalue weighted by atomic mass is 32.1. The molecule has 0 spiro atoms. The second kappa shape index (κ2) is 9.79. The van der Waals surface area contributed by atoms with Gasteiger partial charge in [0.2, 0.25) is 0 Å². The van der Waals surface area contributed by atoms with Gasteiger partial charge in [-0.15, -0.1) is 11.3 Å². The fourth-order valence-electron chi connectivity index (χ4n) is 4.69. The molecule has 0 amide bonds. The Bertz CT molecular complexity index is 982. The molecule has 2 unspecified atom stereocenters. The average molecular weight is 473 g/mol. The Morgan fingerprint density at radius 3 is 2.75 bits per heavy atom. The van der Waals surface area contributed by atoms with Gasteiger partial charge in [0.05, 0.1) is 11.4 Å². The highest BCUT2D eigenvalue weighted by Crippen LogP contribution is 2.36. The largest absolute Gasteiger partial charge is 0.411 e. The minimum absolute atomic E-state index is 0.00224. The highest BCUT2D eigenvalue weighted by Gasteiger charge is 2.28. The van der Waals surface area contributed by atoms with Gasteiger partial charge in [0.1, 0.15) is 17.3 Å². The van der Waals surface area contributed by atoms with Crippen LogP contribution in [0.25, 0.3) is 10.2 Å². The smallest absolute Gasteiger partial charge is 0.372 e. The van der Waals surface area contributed by atoms with E-state index in [1.807, 2.05) is 0 Å². The summed E-state index contributed by atoms with van der Waals surface area (Å²) in [5, 5.41) is 0.783. The fourth-order valence-corrected chi connectivity index (χ4v) is 6.08. The average Bonchev–Trinajstić information content (AvgIpc) is 3.10. The third-order valence-electron chi connectivity index (χ3n) is 6.56. The van der Waals surface area contributed by atoms with Crippen LogP contribution in [0, 0.1) is 5.92 Å². The molecule has 2 aromatic heterocycles. The number of aryl methyl sites for hydroxylation is 1. The maximum Gasteiger partial charge on any atom is 0.411 e. The zero-order chi connectivity index (χ0) is 22.9. The first-order chi connectivity index (χ1) is 15.2. The van der Waals surface area contributed by atoms with Crippen LogP contribution in [0.1, 0.15) is 49.0 Å². The Hall–Kier alpha value is -1.49. The van der Waals surface area contributed by atoms with Crippen LogP contribution in [0.2, 0.25) is 0 Å². The standard InChI is InChI=1S/C22H31F3N4O2S/c1-14-4-5-16-17(12-14)32-21-18(16)20(30)26-19(27-21)15(2)29-9-7-28(8-10-29)6-3-11-31-13-22(23,24)25/h14-15H,3-13H2,1-2H3,(H,26,27,30). The number of hydrogen-bond acceptors (Lipinski definition) is 6. The molecule has 10 heteroatoms. The van der Waals surface area contributed by atoms with Gasteiger partial charge in [-0.2, -0.15) is 13.2 Å². The molecule has 32 heavy (non-hydrogen) atoms. The summed E-state index contributed by atoms with van der Waals surface area (Å²) in [4.78, 5) is 27.5. The predicted octanol–water partition coefficient (Wildman–Crippen LogP) is 3.76. The van der Waals surface area contributed by atoms with Crippen LogP contribution in [0.5, 0.6) is 0 Å². The maximum atomic E-state index is 12.9. The number of thiophene rings is 1. The van der Waals surface area contributed by atoms with Crippen molar-refractivity contribution in [3.05, 3.63) is 26.6 Å². The van der Waals surface area contributed by atoms with Gasteiger partial charge in [0, 0.05) is 44.2 Å². The summed E-state index contributed by atoms with van der Waals surface area (Å²) in [5.41, 5.74) is 1.17. The van der Waals surface area contributed by atoms with Crippen LogP contribution in [-0.4, -0.2) is 71.9 Å². The number of ether oxygens (including phenoxy) is 1. The first kappa shape index (κ1) is 23.7. The van der Waals surface area contributed by atoms with Gasteiger partial charge in [-0.1, -0.05) is 6.92 Å². The SMILES string of the molecule is CC1CCc2c(sc3nc(C(C)N4CCN(CCCOCC(F)(F)F)CC4)[nH]c(=O)c23)C1. The molecular formula is C22H31F3N4O2S. The minimum Gasteiger partial charge on any atom is -0.372 e. The van der Waals surface area contributed by atoms with Gasteiger partial charge in [-0.05, 0) is 44.1 Å². The molecule has 0 bridgehead atoms. The Morgan fingerprint density at radius 1 is 1.28 bits per heavy atom. The van der Waals surface area contributed by atoms with Crippen molar-refractivity contribution in [2.75, 3.05) is 45.9 Å². The van der Waals surface area contributed by atoms with E-state index in [0.29, 0.717) is 18.2 Å². The van der Waals surface area contributed by atoms with E-state index in [1.54, 1.807) is 11.3 Å². The van der Waals surface area contributed by atoms with E-state index in [1.165, 1.54) is 10.4 Å². The van der Waals surface area contributed by atoms with E-state index in [4.69, 9.17) is 4.98 Å². The Kier molecular flexibility index (Phi) is 7.24. The van der Waals surface area contributed by atoms with Crippen molar-refractivity contribution < 1.29 is 17.9 Å². The second-order valence-electron chi connectivity index (χ2n) is 9.06. The number of aromatic nitrogens is 2. The first-order valence-corrected chi connectivity index (χ1v) is 12.2. The van der Waals surface area contributed by atoms with E-state index in [2.05, 4.69) is 33.4 Å². The van der Waals surface area contributed by atoms with Gasteiger partial charge in [-0.3, -0.25) is 9.69 Å². The Balaban J connectivity index is 1.32. The van der Waals surface area contributed by atoms with Gasteiger partial charge >= 0.3 is 6.18 Å². The van der Waals surface area contributed by atoms with Gasteiger partial charge in [0.15, 0.2) is 0 Å². The molecule has 1 aliphatic heterocycles. The molecule has 1 N–H and O–H groups in total. The third kappa shape index (κ3) is 5.52. The van der Waals surface area contributed by atoms with Gasteiger partial charge in [0.25, 0.3) is 5.56 Å². The number of nitrogens with one attached hydrogen (secondary N) is 1. The summed E-state index contributed by atoms with van der Waals surface area (Å²) in [7, 11) is 0. The van der Waals surface area contributed by atoms with Crippen molar-refractivity contribution in [1.82, 2.24) is 19.8 Å². The van der Waals surface area contributed by atoms with Crippen LogP contribution in [0.3, 0.4) is 0 Å². The monoisotopic (exact) mass is 472 g/mol. The number of alkyl halides is 3. The molecule has 2 atom stereocenters. The Morgan fingerprint density at radius 2 is 2.03 bits per heavy atom. The molecule has 6 nitrogen and oxygen atoms in total. The number of nitrogens with zero attached hydrogens (tertiary/aromatic N) is 3. The van der Waals surface area contributed by atoms with Crippen LogP contribution in [-0.2, 0) is 17.6 Å². The summed E-state index contributed by atoms with van der Waals surface area (Å²) >= 11 is 1.67. The number of aromatic amines is 1. The lowest BCUT2D eigenvalue weighted by Gasteiger charge is -2.37. The topological polar surface area (TPSA) is 61.5 Å². The summed E-state index contributed by atoms with van der Waals surface area (Å²) in [5.74, 6) is 1.36. The van der Waals surface area contributed by atoms with Crippen LogP contribution < -0.4 is 5.56 Å². The normalized spacial score (nSPS) is 21.7. The lowest BCUT2D eigenvalue weighted by atomic mass is 9.89. The van der Waals surface area contributed by atoms with Crippen LogP contribution >= 0.6 is 11.3 Å². The molecule has 2 aromatic rings. The van der Waals surface area contributed by atoms with Crippen molar-refractivity contribution >= 4 is 21.6 Å². The van der Waals surface area contributed by atoms with Crippen LogP contribution in [0.4, 0.5) is 13.2 Å². The van der Waals surface area contributed by atoms with Crippen LogP contribution in [0.15, 0.2) is 4.79 Å². The molecule has 1 saturated heterocycles. The van der Waals surface area contributed by atoms with E-state index in [0.717, 1.165) is 62.2 Å². The summed E-state index contributed by atoms with van der Waals surface area (Å²) in [6, 6.07) is 0.00224. The third-order valence-corrected chi connectivity index (χ3v) is 7.71. The maximum absolute atomic E-state index is 12.9. The number of rotatable bonds is 7. The number of fused-ring (bicyclic) bond motifs is 3. The molecule has 2 aliphatic rings. The van der Waals surface area contributed by atoms with E-state index in [-0.39, 0.29) is 18.2 Å². The lowest BCUT2D eigenvalue weighted by molar-refractivity contribution is -0.174. The van der Waals surface area contributed by atoms with Crippen molar-refractivity contribution in [2.24, 2.45) is 5.92 Å². The van der Waals surface area contributed by atoms with Gasteiger partial charge in [-0.25, -0.2) is 4.98 Å². The van der Waals surface area contributed by atoms with E-state index >= 15 is 0 Å².